The normalized spacial score (nSPS) is 10.5. The number of hydrogen-bond donors (Lipinski definition) is 1. The summed E-state index contributed by atoms with van der Waals surface area (Å²) in [6.07, 6.45) is 1.29. The number of hydrogen-bond acceptors (Lipinski definition) is 6. The average Bonchev–Trinajstić information content (AvgIpc) is 2.62. The first-order chi connectivity index (χ1) is 12.9. The fraction of sp³-hybridized carbons (Fsp3) is 0.286. The Morgan fingerprint density at radius 1 is 1.14 bits per heavy atom. The summed E-state index contributed by atoms with van der Waals surface area (Å²) in [6, 6.07) is 9.53. The number of anilines is 2. The van der Waals surface area contributed by atoms with Gasteiger partial charge in [-0.05, 0) is 63.6 Å². The number of nitrogens with one attached hydrogen (secondary N) is 1. The van der Waals surface area contributed by atoms with Crippen molar-refractivity contribution in [2.75, 3.05) is 12.4 Å². The van der Waals surface area contributed by atoms with Crippen LogP contribution in [-0.2, 0) is 4.74 Å². The third-order valence-corrected chi connectivity index (χ3v) is 4.12. The lowest BCUT2D eigenvalue weighted by Gasteiger charge is -2.17. The quantitative estimate of drug-likeness (QED) is 0.607. The van der Waals surface area contributed by atoms with Gasteiger partial charge in [0.2, 0.25) is 0 Å². The Morgan fingerprint density at radius 3 is 2.54 bits per heavy atom. The molecule has 0 aliphatic carbocycles. The van der Waals surface area contributed by atoms with Gasteiger partial charge in [-0.25, -0.2) is 14.8 Å². The Hall–Kier alpha value is -2.86. The maximum atomic E-state index is 12.6. The van der Waals surface area contributed by atoms with Crippen LogP contribution in [0.2, 0.25) is 0 Å². The summed E-state index contributed by atoms with van der Waals surface area (Å²) in [5, 5.41) is 4.13. The minimum absolute atomic E-state index is 0. The SMILES string of the molecule is COc1ccc(Nc2c(C(=O)OC(C)C)cnc3nc(C)ccc23)c(C)c1.Cl. The molecule has 0 radical (unpaired) electrons. The van der Waals surface area contributed by atoms with E-state index >= 15 is 0 Å². The number of aromatic nitrogens is 2. The molecule has 148 valence electrons. The van der Waals surface area contributed by atoms with Gasteiger partial charge in [-0.3, -0.25) is 0 Å². The van der Waals surface area contributed by atoms with Gasteiger partial charge in [-0.1, -0.05) is 0 Å². The van der Waals surface area contributed by atoms with Crippen molar-refractivity contribution in [2.24, 2.45) is 0 Å². The number of ether oxygens (including phenoxy) is 2. The summed E-state index contributed by atoms with van der Waals surface area (Å²) < 4.78 is 10.7. The highest BCUT2D eigenvalue weighted by atomic mass is 35.5. The van der Waals surface area contributed by atoms with Gasteiger partial charge in [0.05, 0.1) is 18.9 Å². The molecule has 7 heteroatoms. The zero-order chi connectivity index (χ0) is 19.6. The van der Waals surface area contributed by atoms with Crippen LogP contribution in [0.3, 0.4) is 0 Å². The number of carbonyl (C=O) groups excluding carboxylic acids is 1. The molecule has 1 aromatic carbocycles. The second-order valence-corrected chi connectivity index (χ2v) is 6.63. The number of rotatable bonds is 5. The Balaban J connectivity index is 0.00000280. The number of esters is 1. The van der Waals surface area contributed by atoms with E-state index in [4.69, 9.17) is 9.47 Å². The molecule has 3 aromatic rings. The Labute approximate surface area is 170 Å². The van der Waals surface area contributed by atoms with Crippen molar-refractivity contribution < 1.29 is 14.3 Å². The summed E-state index contributed by atoms with van der Waals surface area (Å²) in [6.45, 7) is 7.52. The van der Waals surface area contributed by atoms with Crippen molar-refractivity contribution in [2.45, 2.75) is 33.8 Å². The van der Waals surface area contributed by atoms with E-state index in [1.165, 1.54) is 6.20 Å². The van der Waals surface area contributed by atoms with Crippen LogP contribution in [0.25, 0.3) is 11.0 Å². The van der Waals surface area contributed by atoms with E-state index in [1.807, 2.05) is 58.0 Å². The first kappa shape index (κ1) is 21.4. The Morgan fingerprint density at radius 2 is 1.89 bits per heavy atom. The molecular weight excluding hydrogens is 378 g/mol. The molecule has 0 aliphatic rings. The molecule has 2 heterocycles. The van der Waals surface area contributed by atoms with Crippen molar-refractivity contribution in [1.29, 1.82) is 0 Å². The summed E-state index contributed by atoms with van der Waals surface area (Å²) in [5.74, 6) is 0.350. The number of fused-ring (bicyclic) bond motifs is 1. The molecule has 3 rings (SSSR count). The van der Waals surface area contributed by atoms with Gasteiger partial charge in [0.15, 0.2) is 5.65 Å². The smallest absolute Gasteiger partial charge is 0.342 e. The van der Waals surface area contributed by atoms with Crippen molar-refractivity contribution >= 4 is 40.8 Å². The fourth-order valence-electron chi connectivity index (χ4n) is 2.78. The van der Waals surface area contributed by atoms with Gasteiger partial charge in [0.25, 0.3) is 0 Å². The van der Waals surface area contributed by atoms with Crippen LogP contribution in [0.15, 0.2) is 36.5 Å². The number of pyridine rings is 2. The van der Waals surface area contributed by atoms with E-state index < -0.39 is 5.97 Å². The van der Waals surface area contributed by atoms with Crippen LogP contribution in [0.1, 0.15) is 35.5 Å². The van der Waals surface area contributed by atoms with E-state index in [9.17, 15) is 4.79 Å². The third-order valence-electron chi connectivity index (χ3n) is 4.12. The van der Waals surface area contributed by atoms with Crippen molar-refractivity contribution in [3.63, 3.8) is 0 Å². The van der Waals surface area contributed by atoms with E-state index in [1.54, 1.807) is 7.11 Å². The summed E-state index contributed by atoms with van der Waals surface area (Å²) >= 11 is 0. The second kappa shape index (κ2) is 8.89. The summed E-state index contributed by atoms with van der Waals surface area (Å²) in [4.78, 5) is 21.4. The monoisotopic (exact) mass is 401 g/mol. The molecule has 0 aliphatic heterocycles. The predicted molar refractivity (Wildman–Crippen MR) is 113 cm³/mol. The number of carbonyl (C=O) groups is 1. The zero-order valence-electron chi connectivity index (χ0n) is 16.6. The second-order valence-electron chi connectivity index (χ2n) is 6.63. The highest BCUT2D eigenvalue weighted by Gasteiger charge is 2.19. The van der Waals surface area contributed by atoms with E-state index in [2.05, 4.69) is 15.3 Å². The van der Waals surface area contributed by atoms with E-state index in [0.717, 1.165) is 28.1 Å². The molecule has 0 saturated heterocycles. The zero-order valence-corrected chi connectivity index (χ0v) is 17.4. The molecule has 0 unspecified atom stereocenters. The van der Waals surface area contributed by atoms with Gasteiger partial charge in [-0.2, -0.15) is 0 Å². The standard InChI is InChI=1S/C21H23N3O3.ClH/c1-12(2)27-21(25)17-11-22-20-16(8-6-14(4)23-20)19(17)24-18-9-7-15(26-5)10-13(18)3;/h6-12H,1-5H3,(H,22,23,24);1H. The van der Waals surface area contributed by atoms with Crippen LogP contribution < -0.4 is 10.1 Å². The summed E-state index contributed by atoms with van der Waals surface area (Å²) in [7, 11) is 1.63. The lowest BCUT2D eigenvalue weighted by atomic mass is 10.1. The van der Waals surface area contributed by atoms with Crippen LogP contribution in [0.4, 0.5) is 11.4 Å². The molecular formula is C21H24ClN3O3. The van der Waals surface area contributed by atoms with Gasteiger partial charge in [0, 0.05) is 23.0 Å². The van der Waals surface area contributed by atoms with Gasteiger partial charge in [0.1, 0.15) is 11.3 Å². The average molecular weight is 402 g/mol. The highest BCUT2D eigenvalue weighted by Crippen LogP contribution is 2.31. The first-order valence-corrected chi connectivity index (χ1v) is 8.78. The van der Waals surface area contributed by atoms with Gasteiger partial charge in [-0.15, -0.1) is 12.4 Å². The number of aryl methyl sites for hydroxylation is 2. The molecule has 2 aromatic heterocycles. The Bertz CT molecular complexity index is 1010. The van der Waals surface area contributed by atoms with Crippen molar-refractivity contribution in [3.05, 3.63) is 53.3 Å². The predicted octanol–water partition coefficient (Wildman–Crippen LogP) is 4.99. The van der Waals surface area contributed by atoms with Crippen molar-refractivity contribution in [3.8, 4) is 5.75 Å². The summed E-state index contributed by atoms with van der Waals surface area (Å²) in [5.41, 5.74) is 4.29. The van der Waals surface area contributed by atoms with E-state index in [-0.39, 0.29) is 18.5 Å². The lowest BCUT2D eigenvalue weighted by Crippen LogP contribution is -2.14. The molecule has 0 saturated carbocycles. The van der Waals surface area contributed by atoms with Gasteiger partial charge >= 0.3 is 5.97 Å². The van der Waals surface area contributed by atoms with Crippen LogP contribution in [0, 0.1) is 13.8 Å². The van der Waals surface area contributed by atoms with E-state index in [0.29, 0.717) is 16.9 Å². The molecule has 0 atom stereocenters. The maximum absolute atomic E-state index is 12.6. The fourth-order valence-corrected chi connectivity index (χ4v) is 2.78. The molecule has 0 amide bonds. The van der Waals surface area contributed by atoms with Crippen LogP contribution >= 0.6 is 12.4 Å². The molecule has 0 bridgehead atoms. The largest absolute Gasteiger partial charge is 0.497 e. The number of methoxy groups -OCH3 is 1. The minimum Gasteiger partial charge on any atom is -0.497 e. The number of benzene rings is 1. The maximum Gasteiger partial charge on any atom is 0.342 e. The number of nitrogens with zero attached hydrogens (tertiary/aromatic N) is 2. The van der Waals surface area contributed by atoms with Crippen LogP contribution in [0.5, 0.6) is 5.75 Å². The molecule has 28 heavy (non-hydrogen) atoms. The molecule has 6 nitrogen and oxygen atoms in total. The third kappa shape index (κ3) is 4.51. The molecule has 0 spiro atoms. The number of halogens is 1. The van der Waals surface area contributed by atoms with Crippen molar-refractivity contribution in [1.82, 2.24) is 9.97 Å². The Kier molecular flexibility index (Phi) is 6.80. The topological polar surface area (TPSA) is 73.3 Å². The lowest BCUT2D eigenvalue weighted by molar-refractivity contribution is 0.0379. The highest BCUT2D eigenvalue weighted by molar-refractivity contribution is 6.05. The molecule has 0 fully saturated rings. The molecule has 1 N–H and O–H groups in total. The van der Waals surface area contributed by atoms with Crippen LogP contribution in [-0.4, -0.2) is 29.2 Å². The first-order valence-electron chi connectivity index (χ1n) is 8.78. The minimum atomic E-state index is -0.423. The van der Waals surface area contributed by atoms with Gasteiger partial charge < -0.3 is 14.8 Å².